The Hall–Kier alpha value is -2.43. The van der Waals surface area contributed by atoms with Gasteiger partial charge in [0.05, 0.1) is 37.9 Å². The number of carbonyl (C=O) groups is 2. The summed E-state index contributed by atoms with van der Waals surface area (Å²) in [6.07, 6.45) is 4.65. The number of nitrogens with one attached hydrogen (secondary N) is 3. The maximum Gasteiger partial charge on any atom is 0.410 e. The van der Waals surface area contributed by atoms with E-state index in [4.69, 9.17) is 9.47 Å². The van der Waals surface area contributed by atoms with E-state index in [0.717, 1.165) is 31.2 Å². The van der Waals surface area contributed by atoms with Crippen molar-refractivity contribution in [2.24, 2.45) is 5.92 Å². The third kappa shape index (κ3) is 4.97. The molecule has 4 N–H and O–H groups in total. The predicted molar refractivity (Wildman–Crippen MR) is 116 cm³/mol. The molecule has 0 spiro atoms. The minimum absolute atomic E-state index is 0.0744. The van der Waals surface area contributed by atoms with Crippen LogP contribution in [0.25, 0.3) is 0 Å². The Balaban J connectivity index is 1.18. The van der Waals surface area contributed by atoms with Gasteiger partial charge in [-0.05, 0) is 51.0 Å². The Bertz CT molecular complexity index is 833. The monoisotopic (exact) mass is 447 g/mol. The molecule has 10 heteroatoms. The maximum absolute atomic E-state index is 12.4. The van der Waals surface area contributed by atoms with Gasteiger partial charge in [-0.3, -0.25) is 15.1 Å². The smallest absolute Gasteiger partial charge is 0.410 e. The molecule has 1 aliphatic carbocycles. The van der Waals surface area contributed by atoms with Crippen LogP contribution >= 0.6 is 0 Å². The molecule has 1 saturated carbocycles. The van der Waals surface area contributed by atoms with Crippen LogP contribution in [-0.4, -0.2) is 70.6 Å². The summed E-state index contributed by atoms with van der Waals surface area (Å²) >= 11 is 0. The summed E-state index contributed by atoms with van der Waals surface area (Å²) in [4.78, 5) is 30.4. The quantitative estimate of drug-likeness (QED) is 0.502. The number of β-amino-alcohol motifs (C(OH)–C–C–N with tert-alkyl or cyclic N) is 1. The summed E-state index contributed by atoms with van der Waals surface area (Å²) in [5.74, 6) is 0.810. The molecule has 6 atom stereocenters. The first-order valence-corrected chi connectivity index (χ1v) is 11.2. The van der Waals surface area contributed by atoms with Crippen LogP contribution in [0, 0.1) is 5.92 Å². The van der Waals surface area contributed by atoms with E-state index in [1.165, 1.54) is 0 Å². The highest BCUT2D eigenvalue weighted by molar-refractivity contribution is 5.78. The van der Waals surface area contributed by atoms with Gasteiger partial charge in [-0.25, -0.2) is 15.2 Å². The number of methoxy groups -OCH3 is 1. The Morgan fingerprint density at radius 2 is 2.12 bits per heavy atom. The predicted octanol–water partition coefficient (Wildman–Crippen LogP) is 0.702. The Kier molecular flexibility index (Phi) is 6.55. The number of hydrogen-bond donors (Lipinski definition) is 4. The number of rotatable bonds is 6. The molecule has 32 heavy (non-hydrogen) atoms. The van der Waals surface area contributed by atoms with E-state index >= 15 is 0 Å². The summed E-state index contributed by atoms with van der Waals surface area (Å²) < 4.78 is 10.7. The van der Waals surface area contributed by atoms with Gasteiger partial charge in [-0.2, -0.15) is 0 Å². The standard InChI is InChI=1S/C22H33N5O5/c1-13-22(2,30)12-27(13)21(29)32-16-6-5-15(9-16)17-10-18(26-25-17)24-19(28)8-14-4-7-20(31-3)23-11-14/h4,7,11,13,15-18,25-26,30H,5-6,8-10,12H2,1-3H3,(H,24,28)/t13-,15+,16-,17?,18?,22+/m0/s1. The molecule has 176 valence electrons. The first kappa shape index (κ1) is 22.8. The van der Waals surface area contributed by atoms with Crippen LogP contribution in [0.2, 0.25) is 0 Å². The molecule has 2 amide bonds. The minimum atomic E-state index is -0.833. The van der Waals surface area contributed by atoms with Crippen molar-refractivity contribution in [3.63, 3.8) is 0 Å². The number of pyridine rings is 1. The number of hydrazine groups is 1. The molecule has 2 unspecified atom stereocenters. The summed E-state index contributed by atoms with van der Waals surface area (Å²) in [6, 6.07) is 3.54. The number of nitrogens with zero attached hydrogens (tertiary/aromatic N) is 2. The van der Waals surface area contributed by atoms with Crippen molar-refractivity contribution >= 4 is 12.0 Å². The van der Waals surface area contributed by atoms with Gasteiger partial charge in [0.2, 0.25) is 11.8 Å². The average Bonchev–Trinajstić information content (AvgIpc) is 3.41. The molecule has 0 bridgehead atoms. The lowest BCUT2D eigenvalue weighted by Crippen LogP contribution is -2.68. The molecule has 3 aliphatic rings. The normalized spacial score (nSPS) is 34.1. The van der Waals surface area contributed by atoms with E-state index in [-0.39, 0.29) is 42.8 Å². The third-order valence-corrected chi connectivity index (χ3v) is 6.99. The molecule has 0 aromatic carbocycles. The number of ether oxygens (including phenoxy) is 2. The molecule has 3 fully saturated rings. The van der Waals surface area contributed by atoms with Crippen LogP contribution < -0.4 is 20.9 Å². The molecule has 4 rings (SSSR count). The van der Waals surface area contributed by atoms with E-state index in [2.05, 4.69) is 21.2 Å². The van der Waals surface area contributed by atoms with Crippen molar-refractivity contribution in [3.8, 4) is 5.88 Å². The van der Waals surface area contributed by atoms with Crippen molar-refractivity contribution < 1.29 is 24.2 Å². The zero-order valence-electron chi connectivity index (χ0n) is 18.8. The second kappa shape index (κ2) is 9.21. The first-order valence-electron chi connectivity index (χ1n) is 11.2. The fraction of sp³-hybridized carbons (Fsp3) is 0.682. The van der Waals surface area contributed by atoms with E-state index in [1.54, 1.807) is 31.2 Å². The van der Waals surface area contributed by atoms with Crippen molar-refractivity contribution in [2.45, 2.75) is 75.9 Å². The minimum Gasteiger partial charge on any atom is -0.481 e. The maximum atomic E-state index is 12.4. The molecule has 2 saturated heterocycles. The van der Waals surface area contributed by atoms with Crippen LogP contribution in [0.15, 0.2) is 18.3 Å². The second-order valence-electron chi connectivity index (χ2n) is 9.38. The van der Waals surface area contributed by atoms with Gasteiger partial charge >= 0.3 is 6.09 Å². The van der Waals surface area contributed by atoms with Gasteiger partial charge in [0.25, 0.3) is 0 Å². The van der Waals surface area contributed by atoms with Crippen molar-refractivity contribution in [1.29, 1.82) is 0 Å². The number of amides is 2. The zero-order valence-corrected chi connectivity index (χ0v) is 18.8. The number of aliphatic hydroxyl groups is 1. The van der Waals surface area contributed by atoms with Crippen LogP contribution in [0.3, 0.4) is 0 Å². The van der Waals surface area contributed by atoms with E-state index < -0.39 is 5.60 Å². The topological polar surface area (TPSA) is 125 Å². The van der Waals surface area contributed by atoms with Crippen molar-refractivity contribution in [3.05, 3.63) is 23.9 Å². The fourth-order valence-electron chi connectivity index (χ4n) is 4.77. The molecule has 1 aromatic heterocycles. The second-order valence-corrected chi connectivity index (χ2v) is 9.38. The van der Waals surface area contributed by atoms with Crippen molar-refractivity contribution in [2.75, 3.05) is 13.7 Å². The van der Waals surface area contributed by atoms with Gasteiger partial charge in [-0.1, -0.05) is 6.07 Å². The molecule has 10 nitrogen and oxygen atoms in total. The summed E-state index contributed by atoms with van der Waals surface area (Å²) in [5.41, 5.74) is 6.45. The van der Waals surface area contributed by atoms with Gasteiger partial charge in [0, 0.05) is 18.3 Å². The summed E-state index contributed by atoms with van der Waals surface area (Å²) in [6.45, 7) is 3.87. The molecule has 3 heterocycles. The number of aromatic nitrogens is 1. The lowest BCUT2D eigenvalue weighted by molar-refractivity contribution is -0.123. The summed E-state index contributed by atoms with van der Waals surface area (Å²) in [5, 5.41) is 13.0. The Morgan fingerprint density at radius 1 is 1.31 bits per heavy atom. The molecule has 0 radical (unpaired) electrons. The molecular formula is C22H33N5O5. The van der Waals surface area contributed by atoms with Crippen molar-refractivity contribution in [1.82, 2.24) is 26.1 Å². The molecule has 1 aromatic rings. The number of likely N-dealkylation sites (tertiary alicyclic amines) is 1. The first-order chi connectivity index (χ1) is 15.2. The Morgan fingerprint density at radius 3 is 2.78 bits per heavy atom. The van der Waals surface area contributed by atoms with E-state index in [1.807, 2.05) is 13.0 Å². The van der Waals surface area contributed by atoms with Gasteiger partial charge in [0.1, 0.15) is 6.10 Å². The highest BCUT2D eigenvalue weighted by atomic mass is 16.6. The highest BCUT2D eigenvalue weighted by Crippen LogP contribution is 2.35. The molecule has 2 aliphatic heterocycles. The lowest BCUT2D eigenvalue weighted by Gasteiger charge is -2.50. The lowest BCUT2D eigenvalue weighted by atomic mass is 9.87. The third-order valence-electron chi connectivity index (χ3n) is 6.99. The zero-order chi connectivity index (χ0) is 22.9. The summed E-state index contributed by atoms with van der Waals surface area (Å²) in [7, 11) is 1.55. The van der Waals surface area contributed by atoms with Gasteiger partial charge in [-0.15, -0.1) is 0 Å². The van der Waals surface area contributed by atoms with E-state index in [0.29, 0.717) is 18.3 Å². The van der Waals surface area contributed by atoms with Crippen LogP contribution in [0.4, 0.5) is 4.79 Å². The Labute approximate surface area is 188 Å². The number of carbonyl (C=O) groups excluding carboxylic acids is 2. The largest absolute Gasteiger partial charge is 0.481 e. The van der Waals surface area contributed by atoms with E-state index in [9.17, 15) is 14.7 Å². The van der Waals surface area contributed by atoms with Crippen LogP contribution in [0.1, 0.15) is 45.1 Å². The fourth-order valence-corrected chi connectivity index (χ4v) is 4.77. The average molecular weight is 448 g/mol. The van der Waals surface area contributed by atoms with Crippen LogP contribution in [0.5, 0.6) is 5.88 Å². The molecular weight excluding hydrogens is 414 g/mol. The van der Waals surface area contributed by atoms with Gasteiger partial charge in [0.15, 0.2) is 0 Å². The highest BCUT2D eigenvalue weighted by Gasteiger charge is 2.49. The van der Waals surface area contributed by atoms with Crippen LogP contribution in [-0.2, 0) is 16.0 Å². The number of hydrogen-bond acceptors (Lipinski definition) is 8. The SMILES string of the molecule is COc1ccc(CC(=O)NC2CC([C@@H]3CC[C@H](OC(=O)N4C[C@@](C)(O)[C@@H]4C)C3)NN2)cn1. The van der Waals surface area contributed by atoms with Gasteiger partial charge < -0.3 is 19.9 Å².